The number of carboxylic acid groups (broad SMARTS) is 1. The van der Waals surface area contributed by atoms with Crippen molar-refractivity contribution in [1.29, 1.82) is 0 Å². The van der Waals surface area contributed by atoms with Crippen LogP contribution in [0.15, 0.2) is 30.3 Å². The standard InChI is InChI=1S/C16H20O4/c17-16(18)6-5-13-1-3-14(4-2-13)11-20-12-15-7-9-19-10-8-15/h1-6,15H,7-12H2,(H,17,18). The van der Waals surface area contributed by atoms with E-state index in [0.717, 1.165) is 49.9 Å². The monoisotopic (exact) mass is 276 g/mol. The van der Waals surface area contributed by atoms with Gasteiger partial charge in [-0.3, -0.25) is 0 Å². The summed E-state index contributed by atoms with van der Waals surface area (Å²) in [6.07, 6.45) is 4.88. The first-order valence-corrected chi connectivity index (χ1v) is 6.89. The summed E-state index contributed by atoms with van der Waals surface area (Å²) in [5.74, 6) is -0.324. The molecule has 1 fully saturated rings. The van der Waals surface area contributed by atoms with Gasteiger partial charge in [-0.25, -0.2) is 4.79 Å². The van der Waals surface area contributed by atoms with Gasteiger partial charge in [0.05, 0.1) is 13.2 Å². The fourth-order valence-electron chi connectivity index (χ4n) is 2.15. The van der Waals surface area contributed by atoms with E-state index in [1.165, 1.54) is 0 Å². The Bertz CT molecular complexity index is 444. The Morgan fingerprint density at radius 1 is 1.30 bits per heavy atom. The third kappa shape index (κ3) is 5.15. The van der Waals surface area contributed by atoms with Crippen LogP contribution in [0.25, 0.3) is 6.08 Å². The van der Waals surface area contributed by atoms with Crippen LogP contribution in [0.3, 0.4) is 0 Å². The fraction of sp³-hybridized carbons (Fsp3) is 0.438. The van der Waals surface area contributed by atoms with Crippen molar-refractivity contribution in [2.45, 2.75) is 19.4 Å². The van der Waals surface area contributed by atoms with Crippen molar-refractivity contribution >= 4 is 12.0 Å². The fourth-order valence-corrected chi connectivity index (χ4v) is 2.15. The van der Waals surface area contributed by atoms with Crippen LogP contribution in [0.4, 0.5) is 0 Å². The molecular weight excluding hydrogens is 256 g/mol. The van der Waals surface area contributed by atoms with E-state index in [2.05, 4.69) is 0 Å². The second kappa shape index (κ2) is 7.82. The molecule has 0 amide bonds. The normalized spacial score (nSPS) is 16.6. The highest BCUT2D eigenvalue weighted by molar-refractivity contribution is 5.85. The van der Waals surface area contributed by atoms with E-state index in [1.54, 1.807) is 6.08 Å². The summed E-state index contributed by atoms with van der Waals surface area (Å²) in [5, 5.41) is 8.55. The zero-order chi connectivity index (χ0) is 14.2. The first-order valence-electron chi connectivity index (χ1n) is 6.89. The Morgan fingerprint density at radius 2 is 2.00 bits per heavy atom. The lowest BCUT2D eigenvalue weighted by atomic mass is 10.0. The van der Waals surface area contributed by atoms with Gasteiger partial charge in [-0.1, -0.05) is 24.3 Å². The molecule has 0 radical (unpaired) electrons. The number of hydrogen-bond acceptors (Lipinski definition) is 3. The van der Waals surface area contributed by atoms with Crippen LogP contribution in [-0.4, -0.2) is 30.9 Å². The Kier molecular flexibility index (Phi) is 5.77. The smallest absolute Gasteiger partial charge is 0.328 e. The minimum absolute atomic E-state index is 0.598. The Balaban J connectivity index is 1.74. The quantitative estimate of drug-likeness (QED) is 0.812. The Labute approximate surface area is 119 Å². The summed E-state index contributed by atoms with van der Waals surface area (Å²) in [5.41, 5.74) is 1.98. The molecular formula is C16H20O4. The number of carboxylic acids is 1. The molecule has 108 valence electrons. The zero-order valence-electron chi connectivity index (χ0n) is 11.5. The molecule has 1 aromatic carbocycles. The minimum atomic E-state index is -0.936. The predicted molar refractivity (Wildman–Crippen MR) is 76.3 cm³/mol. The van der Waals surface area contributed by atoms with Crippen LogP contribution in [0.5, 0.6) is 0 Å². The molecule has 1 aliphatic heterocycles. The van der Waals surface area contributed by atoms with Crippen LogP contribution < -0.4 is 0 Å². The number of aliphatic carboxylic acids is 1. The number of carbonyl (C=O) groups is 1. The molecule has 0 bridgehead atoms. The third-order valence-corrected chi connectivity index (χ3v) is 3.36. The van der Waals surface area contributed by atoms with E-state index >= 15 is 0 Å². The number of rotatable bonds is 6. The molecule has 0 unspecified atom stereocenters. The van der Waals surface area contributed by atoms with E-state index in [9.17, 15) is 4.79 Å². The maximum Gasteiger partial charge on any atom is 0.328 e. The van der Waals surface area contributed by atoms with Gasteiger partial charge in [0, 0.05) is 19.3 Å². The summed E-state index contributed by atoms with van der Waals surface area (Å²) in [4.78, 5) is 10.4. The van der Waals surface area contributed by atoms with Crippen molar-refractivity contribution in [1.82, 2.24) is 0 Å². The molecule has 1 heterocycles. The van der Waals surface area contributed by atoms with E-state index < -0.39 is 5.97 Å². The van der Waals surface area contributed by atoms with Gasteiger partial charge in [0.2, 0.25) is 0 Å². The molecule has 2 rings (SSSR count). The van der Waals surface area contributed by atoms with Crippen molar-refractivity contribution in [3.05, 3.63) is 41.5 Å². The summed E-state index contributed by atoms with van der Waals surface area (Å²) in [6.45, 7) is 3.07. The minimum Gasteiger partial charge on any atom is -0.478 e. The van der Waals surface area contributed by atoms with Gasteiger partial charge in [-0.15, -0.1) is 0 Å². The van der Waals surface area contributed by atoms with E-state index in [1.807, 2.05) is 24.3 Å². The van der Waals surface area contributed by atoms with Gasteiger partial charge in [0.25, 0.3) is 0 Å². The maximum absolute atomic E-state index is 10.4. The molecule has 0 aliphatic carbocycles. The molecule has 0 saturated carbocycles. The molecule has 20 heavy (non-hydrogen) atoms. The molecule has 0 aromatic heterocycles. The van der Waals surface area contributed by atoms with Crippen LogP contribution in [0.1, 0.15) is 24.0 Å². The summed E-state index contributed by atoms with van der Waals surface area (Å²) >= 11 is 0. The molecule has 1 saturated heterocycles. The van der Waals surface area contributed by atoms with E-state index in [0.29, 0.717) is 12.5 Å². The lowest BCUT2D eigenvalue weighted by Crippen LogP contribution is -2.20. The van der Waals surface area contributed by atoms with Crippen LogP contribution >= 0.6 is 0 Å². The average molecular weight is 276 g/mol. The van der Waals surface area contributed by atoms with Crippen LogP contribution in [0.2, 0.25) is 0 Å². The molecule has 1 N–H and O–H groups in total. The van der Waals surface area contributed by atoms with Gasteiger partial charge in [-0.05, 0) is 36.0 Å². The van der Waals surface area contributed by atoms with Crippen molar-refractivity contribution in [2.24, 2.45) is 5.92 Å². The second-order valence-corrected chi connectivity index (χ2v) is 4.98. The van der Waals surface area contributed by atoms with Crippen LogP contribution in [0, 0.1) is 5.92 Å². The van der Waals surface area contributed by atoms with Gasteiger partial charge in [0.15, 0.2) is 0 Å². The second-order valence-electron chi connectivity index (χ2n) is 4.98. The van der Waals surface area contributed by atoms with E-state index in [-0.39, 0.29) is 0 Å². The zero-order valence-corrected chi connectivity index (χ0v) is 11.5. The van der Waals surface area contributed by atoms with Gasteiger partial charge < -0.3 is 14.6 Å². The number of hydrogen-bond donors (Lipinski definition) is 1. The van der Waals surface area contributed by atoms with Crippen molar-refractivity contribution in [3.63, 3.8) is 0 Å². The summed E-state index contributed by atoms with van der Waals surface area (Å²) < 4.78 is 11.0. The van der Waals surface area contributed by atoms with Crippen molar-refractivity contribution < 1.29 is 19.4 Å². The molecule has 0 spiro atoms. The van der Waals surface area contributed by atoms with Crippen molar-refractivity contribution in [3.8, 4) is 0 Å². The lowest BCUT2D eigenvalue weighted by molar-refractivity contribution is -0.131. The third-order valence-electron chi connectivity index (χ3n) is 3.36. The topological polar surface area (TPSA) is 55.8 Å². The molecule has 1 aliphatic rings. The average Bonchev–Trinajstić information content (AvgIpc) is 2.47. The highest BCUT2D eigenvalue weighted by Gasteiger charge is 2.13. The largest absolute Gasteiger partial charge is 0.478 e. The summed E-state index contributed by atoms with van der Waals surface area (Å²) in [7, 11) is 0. The molecule has 4 nitrogen and oxygen atoms in total. The van der Waals surface area contributed by atoms with Gasteiger partial charge in [-0.2, -0.15) is 0 Å². The maximum atomic E-state index is 10.4. The Hall–Kier alpha value is -1.65. The SMILES string of the molecule is O=C(O)C=Cc1ccc(COCC2CCOCC2)cc1. The predicted octanol–water partition coefficient (Wildman–Crippen LogP) is 2.73. The molecule has 4 heteroatoms. The van der Waals surface area contributed by atoms with Crippen LogP contribution in [-0.2, 0) is 20.9 Å². The Morgan fingerprint density at radius 3 is 2.65 bits per heavy atom. The first-order chi connectivity index (χ1) is 9.74. The van der Waals surface area contributed by atoms with Crippen molar-refractivity contribution in [2.75, 3.05) is 19.8 Å². The number of benzene rings is 1. The highest BCUT2D eigenvalue weighted by Crippen LogP contribution is 2.15. The first kappa shape index (κ1) is 14.8. The van der Waals surface area contributed by atoms with E-state index in [4.69, 9.17) is 14.6 Å². The highest BCUT2D eigenvalue weighted by atomic mass is 16.5. The molecule has 1 aromatic rings. The molecule has 0 atom stereocenters. The van der Waals surface area contributed by atoms with Gasteiger partial charge in [0.1, 0.15) is 0 Å². The van der Waals surface area contributed by atoms with Gasteiger partial charge >= 0.3 is 5.97 Å². The summed E-state index contributed by atoms with van der Waals surface area (Å²) in [6, 6.07) is 7.72. The number of ether oxygens (including phenoxy) is 2. The lowest BCUT2D eigenvalue weighted by Gasteiger charge is -2.21.